The summed E-state index contributed by atoms with van der Waals surface area (Å²) in [6, 6.07) is 18.4. The van der Waals surface area contributed by atoms with Gasteiger partial charge in [-0.2, -0.15) is 20.2 Å². The highest BCUT2D eigenvalue weighted by Gasteiger charge is 2.41. The van der Waals surface area contributed by atoms with Crippen molar-refractivity contribution in [3.05, 3.63) is 70.7 Å². The van der Waals surface area contributed by atoms with E-state index in [2.05, 4.69) is 26.1 Å². The quantitative estimate of drug-likeness (QED) is 0.679. The molecule has 0 bridgehead atoms. The normalized spacial score (nSPS) is 21.2. The maximum atomic E-state index is 13.1. The number of carbonyl (C=O) groups excluding carboxylic acids is 2. The van der Waals surface area contributed by atoms with Crippen LogP contribution in [0.15, 0.2) is 80.9 Å². The first-order valence-electron chi connectivity index (χ1n) is 8.78. The molecule has 7 heteroatoms. The van der Waals surface area contributed by atoms with E-state index in [0.717, 1.165) is 0 Å². The van der Waals surface area contributed by atoms with Gasteiger partial charge in [0.15, 0.2) is 0 Å². The summed E-state index contributed by atoms with van der Waals surface area (Å²) in [5.41, 5.74) is 2.93. The molecule has 0 fully saturated rings. The summed E-state index contributed by atoms with van der Waals surface area (Å²) in [6.45, 7) is 3.55. The van der Waals surface area contributed by atoms with Gasteiger partial charge < -0.3 is 0 Å². The lowest BCUT2D eigenvalue weighted by molar-refractivity contribution is -0.118. The Morgan fingerprint density at radius 3 is 1.96 bits per heavy atom. The van der Waals surface area contributed by atoms with Crippen LogP contribution in [0.5, 0.6) is 0 Å². The summed E-state index contributed by atoms with van der Waals surface area (Å²) < 4.78 is 0.488. The molecular weight excluding hydrogens is 420 g/mol. The van der Waals surface area contributed by atoms with Gasteiger partial charge in [0.2, 0.25) is 0 Å². The lowest BCUT2D eigenvalue weighted by Crippen LogP contribution is -2.29. The Labute approximate surface area is 171 Å². The zero-order valence-electron chi connectivity index (χ0n) is 15.3. The van der Waals surface area contributed by atoms with Gasteiger partial charge in [0.05, 0.1) is 28.4 Å². The standard InChI is InChI=1S/C21H17BrN4O2/c1-13-17(20(27)25(23-13)15-9-5-3-6-10-15)19(22)18-14(2)24-26(21(18)28)16-11-7-4-8-12-16/h3-12,17H,1-2H3/b19-18-/t17-/m0/s1. The molecule has 0 N–H and O–H groups in total. The molecule has 140 valence electrons. The molecule has 2 aromatic rings. The molecule has 0 radical (unpaired) electrons. The Hall–Kier alpha value is -3.06. The number of anilines is 2. The third-order valence-electron chi connectivity index (χ3n) is 4.64. The number of hydrogen-bond acceptors (Lipinski definition) is 4. The number of carbonyl (C=O) groups is 2. The highest BCUT2D eigenvalue weighted by molar-refractivity contribution is 9.11. The first-order chi connectivity index (χ1) is 13.5. The first kappa shape index (κ1) is 18.3. The largest absolute Gasteiger partial charge is 0.281 e. The molecule has 2 aromatic carbocycles. The number of para-hydroxylation sites is 2. The van der Waals surface area contributed by atoms with Gasteiger partial charge in [-0.05, 0) is 38.1 Å². The van der Waals surface area contributed by atoms with Crippen LogP contribution in [-0.2, 0) is 9.59 Å². The molecule has 0 aromatic heterocycles. The molecule has 6 nitrogen and oxygen atoms in total. The average molecular weight is 437 g/mol. The number of amides is 2. The van der Waals surface area contributed by atoms with Crippen molar-refractivity contribution in [1.29, 1.82) is 0 Å². The maximum absolute atomic E-state index is 13.1. The minimum atomic E-state index is -0.653. The summed E-state index contributed by atoms with van der Waals surface area (Å²) in [5.74, 6) is -1.13. The van der Waals surface area contributed by atoms with Crippen molar-refractivity contribution in [3.63, 3.8) is 0 Å². The molecule has 0 saturated carbocycles. The SMILES string of the molecule is CC1=NN(c2ccccc2)C(=O)/C1=C(\Br)[C@H]1C(=O)N(c2ccccc2)N=C1C. The van der Waals surface area contributed by atoms with Gasteiger partial charge in [-0.25, -0.2) is 0 Å². The molecule has 0 spiro atoms. The smallest absolute Gasteiger partial charge is 0.271 e. The second-order valence-electron chi connectivity index (χ2n) is 6.52. The van der Waals surface area contributed by atoms with Crippen LogP contribution in [0.3, 0.4) is 0 Å². The molecule has 2 heterocycles. The van der Waals surface area contributed by atoms with Crippen LogP contribution < -0.4 is 10.0 Å². The van der Waals surface area contributed by atoms with Crippen molar-refractivity contribution in [1.82, 2.24) is 0 Å². The highest BCUT2D eigenvalue weighted by atomic mass is 79.9. The monoisotopic (exact) mass is 436 g/mol. The Kier molecular flexibility index (Phi) is 4.68. The summed E-state index contributed by atoms with van der Waals surface area (Å²) in [5, 5.41) is 11.5. The third-order valence-corrected chi connectivity index (χ3v) is 5.50. The summed E-state index contributed by atoms with van der Waals surface area (Å²) in [4.78, 5) is 26.1. The number of rotatable bonds is 3. The molecule has 0 saturated heterocycles. The van der Waals surface area contributed by atoms with Crippen molar-refractivity contribution < 1.29 is 9.59 Å². The number of hydrazone groups is 2. The summed E-state index contributed by atoms with van der Waals surface area (Å²) in [6.07, 6.45) is 0. The number of halogens is 1. The Bertz CT molecular complexity index is 1040. The molecule has 4 rings (SSSR count). The van der Waals surface area contributed by atoms with Gasteiger partial charge in [0.1, 0.15) is 5.92 Å². The van der Waals surface area contributed by atoms with Gasteiger partial charge in [-0.15, -0.1) is 0 Å². The first-order valence-corrected chi connectivity index (χ1v) is 9.57. The Balaban J connectivity index is 1.69. The van der Waals surface area contributed by atoms with Crippen LogP contribution in [0.2, 0.25) is 0 Å². The molecule has 28 heavy (non-hydrogen) atoms. The van der Waals surface area contributed by atoms with Gasteiger partial charge in [0, 0.05) is 4.48 Å². The van der Waals surface area contributed by atoms with E-state index in [-0.39, 0.29) is 11.8 Å². The predicted octanol–water partition coefficient (Wildman–Crippen LogP) is 4.10. The molecule has 0 unspecified atom stereocenters. The van der Waals surface area contributed by atoms with E-state index in [1.54, 1.807) is 13.8 Å². The molecule has 1 atom stereocenters. The van der Waals surface area contributed by atoms with Crippen LogP contribution in [-0.4, -0.2) is 23.2 Å². The minimum absolute atomic E-state index is 0.207. The topological polar surface area (TPSA) is 65.3 Å². The fourth-order valence-corrected chi connectivity index (χ4v) is 4.26. The summed E-state index contributed by atoms with van der Waals surface area (Å²) in [7, 11) is 0. The second kappa shape index (κ2) is 7.16. The third kappa shape index (κ3) is 2.97. The van der Waals surface area contributed by atoms with E-state index in [9.17, 15) is 9.59 Å². The van der Waals surface area contributed by atoms with Gasteiger partial charge in [-0.3, -0.25) is 9.59 Å². The maximum Gasteiger partial charge on any atom is 0.281 e. The van der Waals surface area contributed by atoms with Crippen molar-refractivity contribution in [3.8, 4) is 0 Å². The number of benzene rings is 2. The molecule has 0 aliphatic carbocycles. The fourth-order valence-electron chi connectivity index (χ4n) is 3.28. The van der Waals surface area contributed by atoms with Gasteiger partial charge in [0.25, 0.3) is 11.8 Å². The van der Waals surface area contributed by atoms with Crippen molar-refractivity contribution in [2.24, 2.45) is 16.1 Å². The zero-order valence-corrected chi connectivity index (χ0v) is 16.9. The predicted molar refractivity (Wildman–Crippen MR) is 114 cm³/mol. The van der Waals surface area contributed by atoms with Crippen molar-refractivity contribution in [2.45, 2.75) is 13.8 Å². The van der Waals surface area contributed by atoms with Crippen molar-refractivity contribution in [2.75, 3.05) is 10.0 Å². The van der Waals surface area contributed by atoms with E-state index in [1.807, 2.05) is 60.7 Å². The van der Waals surface area contributed by atoms with E-state index in [1.165, 1.54) is 10.0 Å². The zero-order chi connectivity index (χ0) is 19.8. The van der Waals surface area contributed by atoms with Gasteiger partial charge >= 0.3 is 0 Å². The van der Waals surface area contributed by atoms with Crippen LogP contribution in [0, 0.1) is 5.92 Å². The molecule has 2 aliphatic rings. The second-order valence-corrected chi connectivity index (χ2v) is 7.38. The Morgan fingerprint density at radius 1 is 0.857 bits per heavy atom. The van der Waals surface area contributed by atoms with Crippen LogP contribution in [0.1, 0.15) is 13.8 Å². The van der Waals surface area contributed by atoms with Crippen LogP contribution in [0.25, 0.3) is 0 Å². The lowest BCUT2D eigenvalue weighted by Gasteiger charge is -2.16. The van der Waals surface area contributed by atoms with E-state index in [4.69, 9.17) is 0 Å². The molecule has 2 amide bonds. The lowest BCUT2D eigenvalue weighted by atomic mass is 9.98. The van der Waals surface area contributed by atoms with Crippen LogP contribution in [0.4, 0.5) is 11.4 Å². The average Bonchev–Trinajstić information content (AvgIpc) is 3.17. The minimum Gasteiger partial charge on any atom is -0.271 e. The number of nitrogens with zero attached hydrogens (tertiary/aromatic N) is 4. The summed E-state index contributed by atoms with van der Waals surface area (Å²) >= 11 is 3.52. The van der Waals surface area contributed by atoms with E-state index in [0.29, 0.717) is 32.9 Å². The molecule has 2 aliphatic heterocycles. The molecular formula is C21H17BrN4O2. The number of hydrogen-bond donors (Lipinski definition) is 0. The van der Waals surface area contributed by atoms with Gasteiger partial charge in [-0.1, -0.05) is 52.3 Å². The van der Waals surface area contributed by atoms with Crippen molar-refractivity contribution >= 4 is 50.5 Å². The van der Waals surface area contributed by atoms with E-state index >= 15 is 0 Å². The Morgan fingerprint density at radius 2 is 1.39 bits per heavy atom. The highest BCUT2D eigenvalue weighted by Crippen LogP contribution is 2.35. The fraction of sp³-hybridized carbons (Fsp3) is 0.143. The van der Waals surface area contributed by atoms with E-state index < -0.39 is 5.92 Å². The van der Waals surface area contributed by atoms with Crippen LogP contribution >= 0.6 is 15.9 Å².